The lowest BCUT2D eigenvalue weighted by Crippen LogP contribution is -2.12. The Labute approximate surface area is 204 Å². The number of rotatable bonds is 8. The van der Waals surface area contributed by atoms with Crippen LogP contribution >= 0.6 is 11.6 Å². The highest BCUT2D eigenvalue weighted by atomic mass is 35.5. The van der Waals surface area contributed by atoms with E-state index in [-0.39, 0.29) is 18.3 Å². The minimum absolute atomic E-state index is 0.203. The van der Waals surface area contributed by atoms with E-state index >= 15 is 0 Å². The van der Waals surface area contributed by atoms with Gasteiger partial charge in [-0.15, -0.1) is 0 Å². The van der Waals surface area contributed by atoms with Gasteiger partial charge in [0, 0.05) is 16.8 Å². The third-order valence-corrected chi connectivity index (χ3v) is 5.73. The van der Waals surface area contributed by atoms with E-state index in [1.807, 2.05) is 54.9 Å². The highest BCUT2D eigenvalue weighted by Crippen LogP contribution is 2.28. The summed E-state index contributed by atoms with van der Waals surface area (Å²) in [6.45, 7) is 9.03. The number of hydrogen-bond acceptors (Lipinski definition) is 4. The van der Waals surface area contributed by atoms with Gasteiger partial charge in [-0.2, -0.15) is 5.10 Å². The van der Waals surface area contributed by atoms with Gasteiger partial charge in [0.05, 0.1) is 6.54 Å². The molecule has 0 fully saturated rings. The second kappa shape index (κ2) is 10.2. The Morgan fingerprint density at radius 1 is 1.12 bits per heavy atom. The van der Waals surface area contributed by atoms with E-state index in [2.05, 4.69) is 36.4 Å². The smallest absolute Gasteiger partial charge is 0.292 e. The van der Waals surface area contributed by atoms with Crippen LogP contribution in [0.1, 0.15) is 58.5 Å². The lowest BCUT2D eigenvalue weighted by molar-refractivity contribution is 0.0992. The van der Waals surface area contributed by atoms with Gasteiger partial charge in [-0.1, -0.05) is 49.7 Å². The summed E-state index contributed by atoms with van der Waals surface area (Å²) in [4.78, 5) is 12.7. The fraction of sp³-hybridized carbons (Fsp3) is 0.259. The van der Waals surface area contributed by atoms with Gasteiger partial charge < -0.3 is 14.5 Å². The lowest BCUT2D eigenvalue weighted by Gasteiger charge is -2.14. The second-order valence-corrected chi connectivity index (χ2v) is 9.10. The molecular weight excluding hydrogens is 450 g/mol. The van der Waals surface area contributed by atoms with Crippen LogP contribution in [0.15, 0.2) is 65.1 Å². The number of carbonyl (C=O) groups is 1. The molecule has 0 saturated heterocycles. The molecule has 6 nitrogen and oxygen atoms in total. The molecule has 34 heavy (non-hydrogen) atoms. The van der Waals surface area contributed by atoms with Crippen LogP contribution in [-0.2, 0) is 13.2 Å². The standard InChI is InChI=1S/C27H28ClN3O3/c1-17(2)23-10-8-18(3)12-25(23)33-16-22-9-11-24(34-22)27(32)29-26-13-19(4)31(30-26)15-20-6-5-7-21(28)14-20/h5-14,17H,15-16H2,1-4H3,(H,29,30,32). The Balaban J connectivity index is 1.39. The van der Waals surface area contributed by atoms with E-state index in [4.69, 9.17) is 20.8 Å². The van der Waals surface area contributed by atoms with E-state index in [9.17, 15) is 4.79 Å². The van der Waals surface area contributed by atoms with E-state index < -0.39 is 0 Å². The summed E-state index contributed by atoms with van der Waals surface area (Å²) in [5, 5.41) is 7.97. The van der Waals surface area contributed by atoms with E-state index in [1.54, 1.807) is 12.1 Å². The molecule has 1 N–H and O–H groups in total. The molecule has 4 aromatic rings. The average Bonchev–Trinajstić information content (AvgIpc) is 3.39. The second-order valence-electron chi connectivity index (χ2n) is 8.66. The fourth-order valence-electron chi connectivity index (χ4n) is 3.69. The molecule has 2 aromatic carbocycles. The molecule has 4 rings (SSSR count). The maximum atomic E-state index is 12.7. The average molecular weight is 478 g/mol. The SMILES string of the molecule is Cc1ccc(C(C)C)c(OCc2ccc(C(=O)Nc3cc(C)n(Cc4cccc(Cl)c4)n3)o2)c1. The van der Waals surface area contributed by atoms with Crippen LogP contribution in [0.5, 0.6) is 5.75 Å². The minimum Gasteiger partial charge on any atom is -0.485 e. The zero-order valence-corrected chi connectivity index (χ0v) is 20.5. The van der Waals surface area contributed by atoms with Crippen molar-refractivity contribution in [3.8, 4) is 5.75 Å². The molecule has 0 aliphatic carbocycles. The van der Waals surface area contributed by atoms with Crippen LogP contribution in [0.25, 0.3) is 0 Å². The first-order valence-electron chi connectivity index (χ1n) is 11.2. The Bertz CT molecular complexity index is 1310. The number of anilines is 1. The molecule has 2 aromatic heterocycles. The van der Waals surface area contributed by atoms with Crippen molar-refractivity contribution >= 4 is 23.3 Å². The van der Waals surface area contributed by atoms with Crippen LogP contribution < -0.4 is 10.1 Å². The minimum atomic E-state index is -0.364. The number of nitrogens with zero attached hydrogens (tertiary/aromatic N) is 2. The van der Waals surface area contributed by atoms with Crippen molar-refractivity contribution in [1.29, 1.82) is 0 Å². The van der Waals surface area contributed by atoms with Gasteiger partial charge >= 0.3 is 0 Å². The molecule has 0 saturated carbocycles. The Hall–Kier alpha value is -3.51. The van der Waals surface area contributed by atoms with Gasteiger partial charge in [-0.25, -0.2) is 0 Å². The normalized spacial score (nSPS) is 11.1. The molecule has 2 heterocycles. The summed E-state index contributed by atoms with van der Waals surface area (Å²) >= 11 is 6.07. The van der Waals surface area contributed by atoms with Crippen molar-refractivity contribution in [2.45, 2.75) is 46.8 Å². The number of halogens is 1. The van der Waals surface area contributed by atoms with Crippen LogP contribution in [0.2, 0.25) is 5.02 Å². The summed E-state index contributed by atoms with van der Waals surface area (Å²) in [5.41, 5.74) is 4.22. The number of amides is 1. The van der Waals surface area contributed by atoms with Gasteiger partial charge in [-0.3, -0.25) is 9.48 Å². The number of carbonyl (C=O) groups excluding carboxylic acids is 1. The van der Waals surface area contributed by atoms with Crippen molar-refractivity contribution in [2.75, 3.05) is 5.32 Å². The van der Waals surface area contributed by atoms with Crippen LogP contribution in [-0.4, -0.2) is 15.7 Å². The summed E-state index contributed by atoms with van der Waals surface area (Å²) in [6.07, 6.45) is 0. The fourth-order valence-corrected chi connectivity index (χ4v) is 3.90. The van der Waals surface area contributed by atoms with Crippen molar-refractivity contribution < 1.29 is 13.9 Å². The zero-order chi connectivity index (χ0) is 24.2. The van der Waals surface area contributed by atoms with Crippen LogP contribution in [0.4, 0.5) is 5.82 Å². The monoisotopic (exact) mass is 477 g/mol. The van der Waals surface area contributed by atoms with Crippen molar-refractivity contribution in [3.63, 3.8) is 0 Å². The highest BCUT2D eigenvalue weighted by Gasteiger charge is 2.15. The first-order chi connectivity index (χ1) is 16.3. The molecule has 0 aliphatic rings. The largest absolute Gasteiger partial charge is 0.485 e. The number of hydrogen-bond donors (Lipinski definition) is 1. The molecule has 0 bridgehead atoms. The summed E-state index contributed by atoms with van der Waals surface area (Å²) in [5.74, 6) is 2.05. The molecule has 0 spiro atoms. The van der Waals surface area contributed by atoms with E-state index in [1.165, 1.54) is 0 Å². The van der Waals surface area contributed by atoms with Crippen molar-refractivity contribution in [3.05, 3.63) is 99.6 Å². The third kappa shape index (κ3) is 5.69. The third-order valence-electron chi connectivity index (χ3n) is 5.49. The predicted octanol–water partition coefficient (Wildman–Crippen LogP) is 6.75. The number of furan rings is 1. The molecule has 0 atom stereocenters. The van der Waals surface area contributed by atoms with Crippen molar-refractivity contribution in [1.82, 2.24) is 9.78 Å². The molecule has 0 unspecified atom stereocenters. The van der Waals surface area contributed by atoms with E-state index in [0.717, 1.165) is 28.1 Å². The van der Waals surface area contributed by atoms with Gasteiger partial charge in [0.25, 0.3) is 5.91 Å². The maximum Gasteiger partial charge on any atom is 0.292 e. The van der Waals surface area contributed by atoms with E-state index in [0.29, 0.717) is 29.1 Å². The van der Waals surface area contributed by atoms with Gasteiger partial charge in [-0.05, 0) is 66.8 Å². The Kier molecular flexibility index (Phi) is 7.08. The number of aromatic nitrogens is 2. The Morgan fingerprint density at radius 3 is 2.71 bits per heavy atom. The lowest BCUT2D eigenvalue weighted by atomic mass is 10.0. The molecule has 176 valence electrons. The number of benzene rings is 2. The topological polar surface area (TPSA) is 69.3 Å². The summed E-state index contributed by atoms with van der Waals surface area (Å²) < 4.78 is 13.6. The van der Waals surface area contributed by atoms with Gasteiger partial charge in [0.15, 0.2) is 11.6 Å². The van der Waals surface area contributed by atoms with Gasteiger partial charge in [0.2, 0.25) is 0 Å². The molecule has 7 heteroatoms. The van der Waals surface area contributed by atoms with Crippen molar-refractivity contribution in [2.24, 2.45) is 0 Å². The Morgan fingerprint density at radius 2 is 1.94 bits per heavy atom. The highest BCUT2D eigenvalue weighted by molar-refractivity contribution is 6.30. The number of aryl methyl sites for hydroxylation is 2. The summed E-state index contributed by atoms with van der Waals surface area (Å²) in [6, 6.07) is 19.0. The molecule has 0 radical (unpaired) electrons. The first-order valence-corrected chi connectivity index (χ1v) is 11.6. The predicted molar refractivity (Wildman–Crippen MR) is 134 cm³/mol. The van der Waals surface area contributed by atoms with Crippen LogP contribution in [0.3, 0.4) is 0 Å². The molecular formula is C27H28ClN3O3. The maximum absolute atomic E-state index is 12.7. The zero-order valence-electron chi connectivity index (χ0n) is 19.8. The molecule has 0 aliphatic heterocycles. The van der Waals surface area contributed by atoms with Crippen LogP contribution in [0, 0.1) is 13.8 Å². The summed E-state index contributed by atoms with van der Waals surface area (Å²) in [7, 11) is 0. The van der Waals surface area contributed by atoms with Gasteiger partial charge in [0.1, 0.15) is 18.1 Å². The number of ether oxygens (including phenoxy) is 1. The number of nitrogens with one attached hydrogen (secondary N) is 1. The molecule has 1 amide bonds. The first kappa shape index (κ1) is 23.6. The quantitative estimate of drug-likeness (QED) is 0.304.